The summed E-state index contributed by atoms with van der Waals surface area (Å²) in [4.78, 5) is 0.0771. The summed E-state index contributed by atoms with van der Waals surface area (Å²) >= 11 is 7.45. The summed E-state index contributed by atoms with van der Waals surface area (Å²) in [5, 5.41) is 0. The van der Waals surface area contributed by atoms with Crippen molar-refractivity contribution >= 4 is 11.6 Å². The highest BCUT2D eigenvalue weighted by Crippen LogP contribution is 2.41. The van der Waals surface area contributed by atoms with Gasteiger partial charge in [0.1, 0.15) is 0 Å². The molecule has 0 saturated heterocycles. The fourth-order valence-corrected chi connectivity index (χ4v) is 5.46. The van der Waals surface area contributed by atoms with Crippen molar-refractivity contribution in [2.75, 3.05) is 0 Å². The molecule has 0 bridgehead atoms. The van der Waals surface area contributed by atoms with Crippen molar-refractivity contribution in [2.24, 2.45) is 5.92 Å². The average Bonchev–Trinajstić information content (AvgIpc) is 2.72. The summed E-state index contributed by atoms with van der Waals surface area (Å²) < 4.78 is 0. The molecule has 0 amide bonds. The molecule has 184 valence electrons. The minimum absolute atomic E-state index is 0. The number of alkyl halides is 1. The Kier molecular flexibility index (Phi) is 25.8. The summed E-state index contributed by atoms with van der Waals surface area (Å²) in [6, 6.07) is 0. The van der Waals surface area contributed by atoms with E-state index in [0.717, 1.165) is 5.92 Å². The first-order valence-electron chi connectivity index (χ1n) is 13.8. The predicted octanol–water partition coefficient (Wildman–Crippen LogP) is 11.4. The summed E-state index contributed by atoms with van der Waals surface area (Å²) in [6.45, 7) is 9.30. The number of hydrogen-bond acceptors (Lipinski definition) is 1. The molecule has 30 heavy (non-hydrogen) atoms. The Bertz CT molecular complexity index is 302. The molecule has 0 spiro atoms. The first kappa shape index (κ1) is 32.4. The minimum atomic E-state index is 0. The Morgan fingerprint density at radius 2 is 0.833 bits per heavy atom. The van der Waals surface area contributed by atoms with Crippen LogP contribution in [-0.4, -0.2) is 4.87 Å². The molecular formula is C28H60ClN. The van der Waals surface area contributed by atoms with E-state index in [4.69, 9.17) is 11.6 Å². The van der Waals surface area contributed by atoms with Crippen LogP contribution in [0.4, 0.5) is 0 Å². The van der Waals surface area contributed by atoms with Crippen LogP contribution in [0.1, 0.15) is 169 Å². The van der Waals surface area contributed by atoms with E-state index in [-0.39, 0.29) is 11.0 Å². The van der Waals surface area contributed by atoms with Gasteiger partial charge in [-0.25, -0.2) is 0 Å². The van der Waals surface area contributed by atoms with E-state index in [2.05, 4.69) is 27.7 Å². The van der Waals surface area contributed by atoms with Gasteiger partial charge in [-0.15, -0.1) is 11.6 Å². The number of rotatable bonds is 23. The zero-order valence-corrected chi connectivity index (χ0v) is 22.5. The Hall–Kier alpha value is 0.250. The molecule has 3 N–H and O–H groups in total. The maximum absolute atomic E-state index is 7.45. The SMILES string of the molecule is CCCCCCCCC(CC)C(Cl)(CCCCCCCC)CCCCCCCC.N. The number of hydrogen-bond donors (Lipinski definition) is 1. The van der Waals surface area contributed by atoms with Gasteiger partial charge in [-0.1, -0.05) is 150 Å². The lowest BCUT2D eigenvalue weighted by Gasteiger charge is -2.36. The number of halogens is 1. The predicted molar refractivity (Wildman–Crippen MR) is 141 cm³/mol. The normalized spacial score (nSPS) is 12.7. The van der Waals surface area contributed by atoms with Crippen molar-refractivity contribution < 1.29 is 0 Å². The molecule has 0 aliphatic heterocycles. The zero-order chi connectivity index (χ0) is 21.6. The first-order chi connectivity index (χ1) is 14.1. The highest BCUT2D eigenvalue weighted by Gasteiger charge is 2.34. The van der Waals surface area contributed by atoms with Crippen molar-refractivity contribution in [3.63, 3.8) is 0 Å². The van der Waals surface area contributed by atoms with Crippen LogP contribution in [0.15, 0.2) is 0 Å². The summed E-state index contributed by atoms with van der Waals surface area (Å²) in [7, 11) is 0. The van der Waals surface area contributed by atoms with Crippen LogP contribution in [0, 0.1) is 5.92 Å². The Morgan fingerprint density at radius 1 is 0.500 bits per heavy atom. The van der Waals surface area contributed by atoms with Gasteiger partial charge in [-0.2, -0.15) is 0 Å². The van der Waals surface area contributed by atoms with E-state index >= 15 is 0 Å². The Labute approximate surface area is 197 Å². The molecule has 0 saturated carbocycles. The fourth-order valence-electron chi connectivity index (χ4n) is 4.93. The van der Waals surface area contributed by atoms with Crippen molar-refractivity contribution in [1.82, 2.24) is 6.15 Å². The lowest BCUT2D eigenvalue weighted by molar-refractivity contribution is 0.277. The average molecular weight is 446 g/mol. The largest absolute Gasteiger partial charge is 0.344 e. The van der Waals surface area contributed by atoms with E-state index in [0.29, 0.717) is 0 Å². The van der Waals surface area contributed by atoms with Gasteiger partial charge in [0.05, 0.1) is 0 Å². The van der Waals surface area contributed by atoms with Crippen LogP contribution in [0.3, 0.4) is 0 Å². The van der Waals surface area contributed by atoms with Crippen LogP contribution in [0.2, 0.25) is 0 Å². The summed E-state index contributed by atoms with van der Waals surface area (Å²) in [6.07, 6.45) is 30.1. The van der Waals surface area contributed by atoms with Gasteiger partial charge in [0, 0.05) is 4.87 Å². The molecule has 0 aliphatic rings. The maximum atomic E-state index is 7.45. The highest BCUT2D eigenvalue weighted by molar-refractivity contribution is 6.24. The molecule has 1 nitrogen and oxygen atoms in total. The number of unbranched alkanes of at least 4 members (excludes halogenated alkanes) is 15. The third-order valence-corrected chi connectivity index (χ3v) is 7.71. The second-order valence-electron chi connectivity index (χ2n) is 9.73. The second-order valence-corrected chi connectivity index (χ2v) is 10.5. The van der Waals surface area contributed by atoms with Gasteiger partial charge in [-0.3, -0.25) is 0 Å². The molecule has 0 fully saturated rings. The van der Waals surface area contributed by atoms with E-state index in [9.17, 15) is 0 Å². The second kappa shape index (κ2) is 23.9. The third-order valence-electron chi connectivity index (χ3n) is 7.02. The summed E-state index contributed by atoms with van der Waals surface area (Å²) in [5.74, 6) is 0.724. The Balaban J connectivity index is 0. The van der Waals surface area contributed by atoms with Crippen molar-refractivity contribution in [3.8, 4) is 0 Å². The Morgan fingerprint density at radius 3 is 1.20 bits per heavy atom. The van der Waals surface area contributed by atoms with Gasteiger partial charge >= 0.3 is 0 Å². The zero-order valence-electron chi connectivity index (χ0n) is 21.7. The quantitative estimate of drug-likeness (QED) is 0.123. The van der Waals surface area contributed by atoms with Crippen LogP contribution in [0.25, 0.3) is 0 Å². The third kappa shape index (κ3) is 17.9. The van der Waals surface area contributed by atoms with Crippen molar-refractivity contribution in [2.45, 2.75) is 174 Å². The van der Waals surface area contributed by atoms with Gasteiger partial charge < -0.3 is 6.15 Å². The molecule has 0 aromatic rings. The molecule has 0 radical (unpaired) electrons. The highest BCUT2D eigenvalue weighted by atomic mass is 35.5. The standard InChI is InChI=1S/C28H57Cl.H3N/c1-5-9-12-15-18-21-24-27(8-4)28(29,25-22-19-16-13-10-6-2)26-23-20-17-14-11-7-3;/h27H,5-26H2,1-4H3;1H3. The molecule has 1 unspecified atom stereocenters. The van der Waals surface area contributed by atoms with E-state index in [1.807, 2.05) is 0 Å². The molecule has 0 rings (SSSR count). The molecule has 1 atom stereocenters. The van der Waals surface area contributed by atoms with Crippen molar-refractivity contribution in [1.29, 1.82) is 0 Å². The lowest BCUT2D eigenvalue weighted by atomic mass is 9.78. The molecule has 0 aromatic carbocycles. The van der Waals surface area contributed by atoms with Crippen molar-refractivity contribution in [3.05, 3.63) is 0 Å². The monoisotopic (exact) mass is 445 g/mol. The minimum Gasteiger partial charge on any atom is -0.344 e. The molecule has 0 heterocycles. The van der Waals surface area contributed by atoms with Gasteiger partial charge in [0.15, 0.2) is 0 Å². The van der Waals surface area contributed by atoms with E-state index in [1.165, 1.54) is 141 Å². The van der Waals surface area contributed by atoms with E-state index in [1.54, 1.807) is 0 Å². The lowest BCUT2D eigenvalue weighted by Crippen LogP contribution is -2.32. The van der Waals surface area contributed by atoms with Crippen LogP contribution < -0.4 is 6.15 Å². The molecular weight excluding hydrogens is 386 g/mol. The molecule has 0 aliphatic carbocycles. The maximum Gasteiger partial charge on any atom is 0.0474 e. The van der Waals surface area contributed by atoms with Crippen LogP contribution in [0.5, 0.6) is 0 Å². The fraction of sp³-hybridized carbons (Fsp3) is 1.00. The molecule has 0 aromatic heterocycles. The van der Waals surface area contributed by atoms with Gasteiger partial charge in [-0.05, 0) is 25.2 Å². The van der Waals surface area contributed by atoms with E-state index < -0.39 is 0 Å². The first-order valence-corrected chi connectivity index (χ1v) is 14.2. The van der Waals surface area contributed by atoms with Gasteiger partial charge in [0.2, 0.25) is 0 Å². The van der Waals surface area contributed by atoms with Crippen LogP contribution in [-0.2, 0) is 0 Å². The van der Waals surface area contributed by atoms with Crippen LogP contribution >= 0.6 is 11.6 Å². The smallest absolute Gasteiger partial charge is 0.0474 e. The topological polar surface area (TPSA) is 35.0 Å². The molecule has 2 heteroatoms. The summed E-state index contributed by atoms with van der Waals surface area (Å²) in [5.41, 5.74) is 0. The van der Waals surface area contributed by atoms with Gasteiger partial charge in [0.25, 0.3) is 0 Å².